The lowest BCUT2D eigenvalue weighted by molar-refractivity contribution is 0.757. The van der Waals surface area contributed by atoms with Crippen molar-refractivity contribution >= 4 is 11.4 Å². The number of pyridine rings is 1. The van der Waals surface area contributed by atoms with Crippen LogP contribution in [0.15, 0.2) is 48.8 Å². The van der Waals surface area contributed by atoms with Gasteiger partial charge >= 0.3 is 0 Å². The fraction of sp³-hybridized carbons (Fsp3) is 0.312. The molecule has 19 heavy (non-hydrogen) atoms. The van der Waals surface area contributed by atoms with Crippen molar-refractivity contribution in [1.29, 1.82) is 0 Å². The SMILES string of the molecule is CCCN(CCc1ccncc1)c1ccccc1N. The summed E-state index contributed by atoms with van der Waals surface area (Å²) < 4.78 is 0. The van der Waals surface area contributed by atoms with Gasteiger partial charge in [-0.3, -0.25) is 4.98 Å². The highest BCUT2D eigenvalue weighted by atomic mass is 15.1. The second-order valence-electron chi connectivity index (χ2n) is 4.65. The van der Waals surface area contributed by atoms with E-state index in [9.17, 15) is 0 Å². The third kappa shape index (κ3) is 3.71. The summed E-state index contributed by atoms with van der Waals surface area (Å²) in [6.07, 6.45) is 5.81. The van der Waals surface area contributed by atoms with Crippen molar-refractivity contribution < 1.29 is 0 Å². The molecule has 100 valence electrons. The maximum Gasteiger partial charge on any atom is 0.0600 e. The van der Waals surface area contributed by atoms with Gasteiger partial charge in [-0.05, 0) is 42.7 Å². The van der Waals surface area contributed by atoms with Crippen LogP contribution < -0.4 is 10.6 Å². The summed E-state index contributed by atoms with van der Waals surface area (Å²) in [5.74, 6) is 0. The van der Waals surface area contributed by atoms with Crippen LogP contribution in [-0.2, 0) is 6.42 Å². The van der Waals surface area contributed by atoms with Gasteiger partial charge < -0.3 is 10.6 Å². The topological polar surface area (TPSA) is 42.2 Å². The Morgan fingerprint density at radius 2 is 1.79 bits per heavy atom. The van der Waals surface area contributed by atoms with E-state index >= 15 is 0 Å². The highest BCUT2D eigenvalue weighted by Crippen LogP contribution is 2.22. The molecule has 0 radical (unpaired) electrons. The van der Waals surface area contributed by atoms with Crippen molar-refractivity contribution in [3.63, 3.8) is 0 Å². The van der Waals surface area contributed by atoms with Gasteiger partial charge in [0.2, 0.25) is 0 Å². The van der Waals surface area contributed by atoms with E-state index < -0.39 is 0 Å². The summed E-state index contributed by atoms with van der Waals surface area (Å²) in [4.78, 5) is 6.40. The van der Waals surface area contributed by atoms with E-state index in [2.05, 4.69) is 35.0 Å². The molecule has 0 fully saturated rings. The molecule has 1 aromatic heterocycles. The summed E-state index contributed by atoms with van der Waals surface area (Å²) in [6, 6.07) is 12.2. The molecular formula is C16H21N3. The zero-order valence-corrected chi connectivity index (χ0v) is 11.4. The van der Waals surface area contributed by atoms with Crippen LogP contribution in [0.2, 0.25) is 0 Å². The second kappa shape index (κ2) is 6.78. The van der Waals surface area contributed by atoms with E-state index in [1.807, 2.05) is 30.6 Å². The first-order valence-electron chi connectivity index (χ1n) is 6.79. The first-order valence-corrected chi connectivity index (χ1v) is 6.79. The Bertz CT molecular complexity index is 496. The Morgan fingerprint density at radius 3 is 2.47 bits per heavy atom. The fourth-order valence-electron chi connectivity index (χ4n) is 2.21. The average molecular weight is 255 g/mol. The van der Waals surface area contributed by atoms with Crippen molar-refractivity contribution in [3.05, 3.63) is 54.4 Å². The van der Waals surface area contributed by atoms with Crippen molar-refractivity contribution in [2.24, 2.45) is 0 Å². The van der Waals surface area contributed by atoms with Gasteiger partial charge in [0.1, 0.15) is 0 Å². The smallest absolute Gasteiger partial charge is 0.0600 e. The summed E-state index contributed by atoms with van der Waals surface area (Å²) in [6.45, 7) is 4.20. The van der Waals surface area contributed by atoms with E-state index in [4.69, 9.17) is 5.73 Å². The van der Waals surface area contributed by atoms with Crippen LogP contribution >= 0.6 is 0 Å². The Morgan fingerprint density at radius 1 is 1.05 bits per heavy atom. The van der Waals surface area contributed by atoms with Crippen molar-refractivity contribution in [3.8, 4) is 0 Å². The Balaban J connectivity index is 2.07. The highest BCUT2D eigenvalue weighted by molar-refractivity contribution is 5.67. The zero-order chi connectivity index (χ0) is 13.5. The summed E-state index contributed by atoms with van der Waals surface area (Å²) in [7, 11) is 0. The zero-order valence-electron chi connectivity index (χ0n) is 11.4. The molecule has 2 N–H and O–H groups in total. The van der Waals surface area contributed by atoms with Gasteiger partial charge in [-0.25, -0.2) is 0 Å². The molecular weight excluding hydrogens is 234 g/mol. The molecule has 3 heteroatoms. The van der Waals surface area contributed by atoms with E-state index in [0.717, 1.165) is 37.3 Å². The molecule has 0 aliphatic carbocycles. The summed E-state index contributed by atoms with van der Waals surface area (Å²) >= 11 is 0. The minimum atomic E-state index is 0.852. The van der Waals surface area contributed by atoms with Crippen LogP contribution in [0.4, 0.5) is 11.4 Å². The second-order valence-corrected chi connectivity index (χ2v) is 4.65. The Hall–Kier alpha value is -2.03. The van der Waals surface area contributed by atoms with Gasteiger partial charge in [0, 0.05) is 25.5 Å². The molecule has 1 heterocycles. The molecule has 0 unspecified atom stereocenters. The number of anilines is 2. The predicted octanol–water partition coefficient (Wildman–Crippen LogP) is 3.12. The van der Waals surface area contributed by atoms with E-state index in [-0.39, 0.29) is 0 Å². The number of benzene rings is 1. The van der Waals surface area contributed by atoms with E-state index in [1.165, 1.54) is 5.56 Å². The number of nitrogens with zero attached hydrogens (tertiary/aromatic N) is 2. The predicted molar refractivity (Wildman–Crippen MR) is 81.3 cm³/mol. The molecule has 0 spiro atoms. The van der Waals surface area contributed by atoms with Crippen molar-refractivity contribution in [2.45, 2.75) is 19.8 Å². The minimum Gasteiger partial charge on any atom is -0.397 e. The van der Waals surface area contributed by atoms with Crippen molar-refractivity contribution in [1.82, 2.24) is 4.98 Å². The van der Waals surface area contributed by atoms with Gasteiger partial charge in [0.25, 0.3) is 0 Å². The average Bonchev–Trinajstić information content (AvgIpc) is 2.45. The molecule has 0 atom stereocenters. The monoisotopic (exact) mass is 255 g/mol. The number of nitrogen functional groups attached to an aromatic ring is 1. The molecule has 1 aromatic carbocycles. The van der Waals surface area contributed by atoms with Crippen LogP contribution in [0.1, 0.15) is 18.9 Å². The summed E-state index contributed by atoms with van der Waals surface area (Å²) in [5, 5.41) is 0. The first-order chi connectivity index (χ1) is 9.31. The van der Waals surface area contributed by atoms with Crippen LogP contribution in [0, 0.1) is 0 Å². The summed E-state index contributed by atoms with van der Waals surface area (Å²) in [5.41, 5.74) is 9.37. The number of hydrogen-bond acceptors (Lipinski definition) is 3. The van der Waals surface area contributed by atoms with Crippen LogP contribution in [0.3, 0.4) is 0 Å². The molecule has 0 aliphatic heterocycles. The third-order valence-electron chi connectivity index (χ3n) is 3.19. The molecule has 2 rings (SSSR count). The standard InChI is InChI=1S/C16H21N3/c1-2-12-19(16-6-4-3-5-15(16)17)13-9-14-7-10-18-11-8-14/h3-8,10-11H,2,9,12-13,17H2,1H3. The maximum absolute atomic E-state index is 6.07. The van der Waals surface area contributed by atoms with Crippen LogP contribution in [0.5, 0.6) is 0 Å². The lowest BCUT2D eigenvalue weighted by Crippen LogP contribution is -2.27. The number of hydrogen-bond donors (Lipinski definition) is 1. The first kappa shape index (κ1) is 13.4. The number of aromatic nitrogens is 1. The Kier molecular flexibility index (Phi) is 4.78. The molecule has 0 aliphatic rings. The lowest BCUT2D eigenvalue weighted by Gasteiger charge is -2.25. The van der Waals surface area contributed by atoms with Gasteiger partial charge in [0.05, 0.1) is 11.4 Å². The maximum atomic E-state index is 6.07. The molecule has 0 amide bonds. The number of nitrogens with two attached hydrogens (primary N) is 1. The number of rotatable bonds is 6. The van der Waals surface area contributed by atoms with Crippen LogP contribution in [0.25, 0.3) is 0 Å². The van der Waals surface area contributed by atoms with Gasteiger partial charge in [-0.2, -0.15) is 0 Å². The molecule has 2 aromatic rings. The van der Waals surface area contributed by atoms with E-state index in [1.54, 1.807) is 0 Å². The van der Waals surface area contributed by atoms with E-state index in [0.29, 0.717) is 0 Å². The molecule has 3 nitrogen and oxygen atoms in total. The van der Waals surface area contributed by atoms with Crippen LogP contribution in [-0.4, -0.2) is 18.1 Å². The lowest BCUT2D eigenvalue weighted by atomic mass is 10.1. The molecule has 0 saturated carbocycles. The third-order valence-corrected chi connectivity index (χ3v) is 3.19. The van der Waals surface area contributed by atoms with Gasteiger partial charge in [0.15, 0.2) is 0 Å². The van der Waals surface area contributed by atoms with Gasteiger partial charge in [-0.15, -0.1) is 0 Å². The normalized spacial score (nSPS) is 10.4. The number of para-hydroxylation sites is 2. The largest absolute Gasteiger partial charge is 0.397 e. The highest BCUT2D eigenvalue weighted by Gasteiger charge is 2.08. The molecule has 0 saturated heterocycles. The molecule has 0 bridgehead atoms. The van der Waals surface area contributed by atoms with Crippen molar-refractivity contribution in [2.75, 3.05) is 23.7 Å². The fourth-order valence-corrected chi connectivity index (χ4v) is 2.21. The quantitative estimate of drug-likeness (QED) is 0.806. The minimum absolute atomic E-state index is 0.852. The van der Waals surface area contributed by atoms with Gasteiger partial charge in [-0.1, -0.05) is 19.1 Å². The Labute approximate surface area is 115 Å².